The Morgan fingerprint density at radius 1 is 1.61 bits per heavy atom. The van der Waals surface area contributed by atoms with Crippen LogP contribution in [0.5, 0.6) is 0 Å². The lowest BCUT2D eigenvalue weighted by Crippen LogP contribution is -2.51. The molecule has 0 aromatic heterocycles. The van der Waals surface area contributed by atoms with Gasteiger partial charge < -0.3 is 11.1 Å². The maximum atomic E-state index is 12.0. The van der Waals surface area contributed by atoms with E-state index >= 15 is 0 Å². The molecule has 0 fully saturated rings. The largest absolute Gasteiger partial charge is 0.374 e. The summed E-state index contributed by atoms with van der Waals surface area (Å²) in [4.78, 5) is 24.9. The highest BCUT2D eigenvalue weighted by atomic mass is 79.9. The molecule has 0 aliphatic carbocycles. The summed E-state index contributed by atoms with van der Waals surface area (Å²) in [6.45, 7) is 2.01. The number of benzene rings is 1. The first-order valence-electron chi connectivity index (χ1n) is 5.69. The van der Waals surface area contributed by atoms with E-state index in [2.05, 4.69) is 21.2 Å². The number of primary amides is 1. The van der Waals surface area contributed by atoms with Gasteiger partial charge in [0.05, 0.1) is 17.9 Å². The lowest BCUT2D eigenvalue weighted by atomic mass is 10.1. The summed E-state index contributed by atoms with van der Waals surface area (Å²) in [5, 5.41) is 3.03. The Bertz CT molecular complexity index is 504. The van der Waals surface area contributed by atoms with Gasteiger partial charge >= 0.3 is 0 Å². The summed E-state index contributed by atoms with van der Waals surface area (Å²) in [5.41, 5.74) is 6.88. The fourth-order valence-corrected chi connectivity index (χ4v) is 2.46. The molecule has 0 saturated heterocycles. The van der Waals surface area contributed by atoms with Crippen LogP contribution in [0, 0.1) is 0 Å². The van der Waals surface area contributed by atoms with Crippen LogP contribution in [0.4, 0.5) is 11.4 Å². The molecule has 0 saturated carbocycles. The van der Waals surface area contributed by atoms with Gasteiger partial charge in [-0.25, -0.2) is 0 Å². The van der Waals surface area contributed by atoms with Crippen LogP contribution < -0.4 is 16.0 Å². The average molecular weight is 312 g/mol. The molecule has 1 unspecified atom stereocenters. The molecule has 1 aromatic carbocycles. The van der Waals surface area contributed by atoms with E-state index in [1.165, 1.54) is 4.90 Å². The molecule has 3 N–H and O–H groups in total. The Balaban J connectivity index is 2.47. The minimum atomic E-state index is -0.598. The normalized spacial score (nSPS) is 15.9. The molecule has 96 valence electrons. The van der Waals surface area contributed by atoms with Crippen LogP contribution in [0.15, 0.2) is 22.7 Å². The van der Waals surface area contributed by atoms with Gasteiger partial charge in [-0.05, 0) is 24.6 Å². The minimum absolute atomic E-state index is 0.143. The van der Waals surface area contributed by atoms with E-state index in [1.807, 2.05) is 19.1 Å². The topological polar surface area (TPSA) is 75.4 Å². The van der Waals surface area contributed by atoms with Gasteiger partial charge in [-0.3, -0.25) is 14.5 Å². The van der Waals surface area contributed by atoms with Gasteiger partial charge in [-0.15, -0.1) is 0 Å². The third-order valence-electron chi connectivity index (χ3n) is 2.94. The zero-order chi connectivity index (χ0) is 13.3. The molecule has 1 atom stereocenters. The van der Waals surface area contributed by atoms with E-state index in [-0.39, 0.29) is 12.5 Å². The second-order valence-corrected chi connectivity index (χ2v) is 5.02. The van der Waals surface area contributed by atoms with Gasteiger partial charge in [-0.1, -0.05) is 22.9 Å². The van der Waals surface area contributed by atoms with Crippen molar-refractivity contribution in [2.45, 2.75) is 19.4 Å². The van der Waals surface area contributed by atoms with Crippen molar-refractivity contribution < 1.29 is 9.59 Å². The van der Waals surface area contributed by atoms with E-state index in [1.54, 1.807) is 6.07 Å². The molecule has 5 nitrogen and oxygen atoms in total. The van der Waals surface area contributed by atoms with Gasteiger partial charge in [0.1, 0.15) is 6.04 Å². The molecule has 2 rings (SSSR count). The van der Waals surface area contributed by atoms with E-state index in [0.717, 1.165) is 10.2 Å². The van der Waals surface area contributed by atoms with E-state index < -0.39 is 11.9 Å². The number of carbonyl (C=O) groups is 2. The molecule has 2 amide bonds. The highest BCUT2D eigenvalue weighted by Crippen LogP contribution is 2.33. The Kier molecular flexibility index (Phi) is 3.56. The summed E-state index contributed by atoms with van der Waals surface area (Å²) < 4.78 is 0.912. The third kappa shape index (κ3) is 2.20. The molecule has 1 heterocycles. The Labute approximate surface area is 113 Å². The summed E-state index contributed by atoms with van der Waals surface area (Å²) >= 11 is 3.37. The van der Waals surface area contributed by atoms with Gasteiger partial charge in [0.15, 0.2) is 0 Å². The van der Waals surface area contributed by atoms with Gasteiger partial charge in [-0.2, -0.15) is 0 Å². The summed E-state index contributed by atoms with van der Waals surface area (Å²) in [6.07, 6.45) is 0.497. The van der Waals surface area contributed by atoms with Crippen molar-refractivity contribution in [3.05, 3.63) is 22.7 Å². The van der Waals surface area contributed by atoms with Crippen molar-refractivity contribution in [3.63, 3.8) is 0 Å². The zero-order valence-electron chi connectivity index (χ0n) is 9.94. The van der Waals surface area contributed by atoms with Crippen molar-refractivity contribution in [2.24, 2.45) is 5.73 Å². The Hall–Kier alpha value is -1.56. The van der Waals surface area contributed by atoms with E-state index in [0.29, 0.717) is 12.1 Å². The lowest BCUT2D eigenvalue weighted by Gasteiger charge is -2.34. The SMILES string of the molecule is CCC(C(N)=O)N1C(=O)CNc2cc(Br)ccc21. The highest BCUT2D eigenvalue weighted by molar-refractivity contribution is 9.10. The van der Waals surface area contributed by atoms with Crippen LogP contribution in [0.25, 0.3) is 0 Å². The number of carbonyl (C=O) groups excluding carboxylic acids is 2. The predicted octanol–water partition coefficient (Wildman–Crippen LogP) is 1.47. The van der Waals surface area contributed by atoms with Crippen LogP contribution in [0.2, 0.25) is 0 Å². The summed E-state index contributed by atoms with van der Waals surface area (Å²) in [7, 11) is 0. The molecule has 1 aliphatic heterocycles. The second kappa shape index (κ2) is 4.97. The molecule has 0 spiro atoms. The number of halogens is 1. The number of fused-ring (bicyclic) bond motifs is 1. The van der Waals surface area contributed by atoms with Crippen LogP contribution in [-0.2, 0) is 9.59 Å². The van der Waals surface area contributed by atoms with Crippen LogP contribution in [0.1, 0.15) is 13.3 Å². The van der Waals surface area contributed by atoms with Crippen LogP contribution in [0.3, 0.4) is 0 Å². The molecule has 1 aliphatic rings. The number of nitrogens with one attached hydrogen (secondary N) is 1. The lowest BCUT2D eigenvalue weighted by molar-refractivity contribution is -0.124. The molecule has 6 heteroatoms. The minimum Gasteiger partial charge on any atom is -0.374 e. The Morgan fingerprint density at radius 2 is 2.33 bits per heavy atom. The molecule has 0 bridgehead atoms. The smallest absolute Gasteiger partial charge is 0.247 e. The number of nitrogens with zero attached hydrogens (tertiary/aromatic N) is 1. The summed E-state index contributed by atoms with van der Waals surface area (Å²) in [6, 6.07) is 4.91. The van der Waals surface area contributed by atoms with Crippen LogP contribution in [-0.4, -0.2) is 24.4 Å². The van der Waals surface area contributed by atoms with Crippen molar-refractivity contribution in [2.75, 3.05) is 16.8 Å². The molecule has 1 aromatic rings. The molecule has 18 heavy (non-hydrogen) atoms. The maximum Gasteiger partial charge on any atom is 0.247 e. The molecular weight excluding hydrogens is 298 g/mol. The quantitative estimate of drug-likeness (QED) is 0.887. The first-order chi connectivity index (χ1) is 8.54. The Morgan fingerprint density at radius 3 is 2.94 bits per heavy atom. The van der Waals surface area contributed by atoms with Crippen molar-refractivity contribution in [1.82, 2.24) is 0 Å². The monoisotopic (exact) mass is 311 g/mol. The molecule has 0 radical (unpaired) electrons. The van der Waals surface area contributed by atoms with E-state index in [9.17, 15) is 9.59 Å². The fraction of sp³-hybridized carbons (Fsp3) is 0.333. The third-order valence-corrected chi connectivity index (χ3v) is 3.44. The number of amides is 2. The standard InChI is InChI=1S/C12H14BrN3O2/c1-2-9(12(14)18)16-10-4-3-7(13)5-8(10)15-6-11(16)17/h3-5,9,15H,2,6H2,1H3,(H2,14,18). The van der Waals surface area contributed by atoms with Crippen molar-refractivity contribution in [1.29, 1.82) is 0 Å². The average Bonchev–Trinajstić information content (AvgIpc) is 2.32. The van der Waals surface area contributed by atoms with E-state index in [4.69, 9.17) is 5.73 Å². The van der Waals surface area contributed by atoms with Crippen molar-refractivity contribution in [3.8, 4) is 0 Å². The number of nitrogens with two attached hydrogens (primary N) is 1. The number of hydrogen-bond donors (Lipinski definition) is 2. The number of hydrogen-bond acceptors (Lipinski definition) is 3. The zero-order valence-corrected chi connectivity index (χ0v) is 11.5. The number of rotatable bonds is 3. The second-order valence-electron chi connectivity index (χ2n) is 4.11. The highest BCUT2D eigenvalue weighted by Gasteiger charge is 2.32. The number of anilines is 2. The van der Waals surface area contributed by atoms with Crippen molar-refractivity contribution >= 4 is 39.1 Å². The maximum absolute atomic E-state index is 12.0. The van der Waals surface area contributed by atoms with Gasteiger partial charge in [0.25, 0.3) is 0 Å². The van der Waals surface area contributed by atoms with Gasteiger partial charge in [0, 0.05) is 4.47 Å². The molecular formula is C12H14BrN3O2. The first-order valence-corrected chi connectivity index (χ1v) is 6.48. The summed E-state index contributed by atoms with van der Waals surface area (Å²) in [5.74, 6) is -0.628. The van der Waals surface area contributed by atoms with Gasteiger partial charge in [0.2, 0.25) is 11.8 Å². The predicted molar refractivity (Wildman–Crippen MR) is 73.4 cm³/mol. The fourth-order valence-electron chi connectivity index (χ4n) is 2.10. The first kappa shape index (κ1) is 12.9. The van der Waals surface area contributed by atoms with Crippen LogP contribution >= 0.6 is 15.9 Å².